The van der Waals surface area contributed by atoms with Gasteiger partial charge in [-0.25, -0.2) is 4.79 Å². The average Bonchev–Trinajstić information content (AvgIpc) is 3.34. The van der Waals surface area contributed by atoms with Crippen molar-refractivity contribution in [3.63, 3.8) is 0 Å². The Morgan fingerprint density at radius 3 is 1.98 bits per heavy atom. The van der Waals surface area contributed by atoms with Crippen LogP contribution in [0.25, 0.3) is 0 Å². The van der Waals surface area contributed by atoms with Gasteiger partial charge in [-0.3, -0.25) is 14.3 Å². The van der Waals surface area contributed by atoms with Gasteiger partial charge in [0.05, 0.1) is 12.7 Å². The highest BCUT2D eigenvalue weighted by atomic mass is 31.1. The van der Waals surface area contributed by atoms with Crippen molar-refractivity contribution in [3.05, 3.63) is 32.6 Å². The first-order valence-electron chi connectivity index (χ1n) is 16.4. The van der Waals surface area contributed by atoms with E-state index in [1.54, 1.807) is 6.92 Å². The van der Waals surface area contributed by atoms with E-state index in [2.05, 4.69) is 16.4 Å². The summed E-state index contributed by atoms with van der Waals surface area (Å²) in [6, 6.07) is 0. The lowest BCUT2D eigenvalue weighted by atomic mass is 10.0. The number of nitrogens with zero attached hydrogens (tertiary/aromatic N) is 1. The van der Waals surface area contributed by atoms with E-state index < -0.39 is 44.1 Å². The number of unbranched alkanes of at least 4 members (excludes halogenated alkanes) is 17. The van der Waals surface area contributed by atoms with Gasteiger partial charge >= 0.3 is 20.1 Å². The van der Waals surface area contributed by atoms with Crippen molar-refractivity contribution >= 4 is 14.4 Å². The van der Waals surface area contributed by atoms with E-state index in [9.17, 15) is 24.1 Å². The molecule has 1 saturated heterocycles. The lowest BCUT2D eigenvalue weighted by Gasteiger charge is -2.14. The van der Waals surface area contributed by atoms with Crippen LogP contribution in [0.4, 0.5) is 4.79 Å². The summed E-state index contributed by atoms with van der Waals surface area (Å²) in [6.07, 6.45) is 20.5. The van der Waals surface area contributed by atoms with Gasteiger partial charge in [0.2, 0.25) is 0 Å². The SMILES string of the molecule is CCCCCCCCCCCCCCCCCCCCOC(=O)O[P+](=O)OC[C@H]1O[C@@H](n2cc(C)c(=O)[nH]c2=O)C[C@@H]1O. The van der Waals surface area contributed by atoms with Gasteiger partial charge in [-0.05, 0) is 13.3 Å². The first-order valence-corrected chi connectivity index (χ1v) is 17.5. The quantitative estimate of drug-likeness (QED) is 0.0680. The molecule has 0 radical (unpaired) electrons. The lowest BCUT2D eigenvalue weighted by molar-refractivity contribution is -0.0419. The molecular weight excluding hydrogens is 575 g/mol. The molecule has 1 aromatic heterocycles. The molecule has 2 rings (SSSR count). The fourth-order valence-corrected chi connectivity index (χ4v) is 5.74. The molecule has 1 aliphatic heterocycles. The minimum Gasteiger partial charge on any atom is -0.431 e. The Labute approximate surface area is 257 Å². The molecule has 1 unspecified atom stereocenters. The van der Waals surface area contributed by atoms with Crippen LogP contribution in [0.5, 0.6) is 0 Å². The van der Waals surface area contributed by atoms with E-state index >= 15 is 0 Å². The second kappa shape index (κ2) is 22.4. The van der Waals surface area contributed by atoms with Crippen LogP contribution >= 0.6 is 8.25 Å². The molecule has 2 heterocycles. The number of hydrogen-bond acceptors (Lipinski definition) is 9. The normalized spacial score (nSPS) is 18.6. The number of aryl methyl sites for hydroxylation is 1. The molecule has 1 aliphatic rings. The van der Waals surface area contributed by atoms with E-state index in [0.29, 0.717) is 12.0 Å². The molecule has 43 heavy (non-hydrogen) atoms. The summed E-state index contributed by atoms with van der Waals surface area (Å²) in [5.74, 6) is 0. The molecule has 0 spiro atoms. The smallest absolute Gasteiger partial charge is 0.431 e. The first kappa shape index (κ1) is 37.1. The molecule has 0 saturated carbocycles. The molecule has 2 N–H and O–H groups in total. The molecule has 0 aliphatic carbocycles. The molecule has 12 heteroatoms. The number of aromatic amines is 1. The number of nitrogens with one attached hydrogen (secondary N) is 1. The standard InChI is InChI=1S/C31H53N2O9P/c1-3-4-5-6-7-8-9-10-11-12-13-14-15-16-17-18-19-20-21-39-31(37)42-43(38)40-24-27-26(34)22-28(41-27)33-23-25(2)29(35)32-30(33)36/h23,26-28,34H,3-22,24H2,1-2H3/p+1/t26-,27+,28+/m0/s1. The fraction of sp³-hybridized carbons (Fsp3) is 0.839. The molecule has 0 amide bonds. The number of aromatic nitrogens is 2. The molecule has 246 valence electrons. The minimum atomic E-state index is -2.82. The summed E-state index contributed by atoms with van der Waals surface area (Å²) in [5, 5.41) is 10.2. The third-order valence-electron chi connectivity index (χ3n) is 7.87. The summed E-state index contributed by atoms with van der Waals surface area (Å²) in [7, 11) is -2.82. The van der Waals surface area contributed by atoms with Gasteiger partial charge in [-0.15, -0.1) is 9.05 Å². The first-order chi connectivity index (χ1) is 20.8. The van der Waals surface area contributed by atoms with Gasteiger partial charge in [0.1, 0.15) is 18.9 Å². The maximum atomic E-state index is 12.0. The zero-order chi connectivity index (χ0) is 31.3. The number of aliphatic hydroxyl groups is 1. The van der Waals surface area contributed by atoms with Crippen molar-refractivity contribution in [2.45, 2.75) is 154 Å². The van der Waals surface area contributed by atoms with Crippen molar-refractivity contribution in [1.82, 2.24) is 9.55 Å². The zero-order valence-corrected chi connectivity index (χ0v) is 27.2. The van der Waals surface area contributed by atoms with Crippen LogP contribution in [0.1, 0.15) is 141 Å². The number of hydrogen-bond donors (Lipinski definition) is 2. The van der Waals surface area contributed by atoms with Gasteiger partial charge in [0.25, 0.3) is 5.56 Å². The third-order valence-corrected chi connectivity index (χ3v) is 8.53. The van der Waals surface area contributed by atoms with Gasteiger partial charge in [0.15, 0.2) is 0 Å². The predicted octanol–water partition coefficient (Wildman–Crippen LogP) is 7.36. The van der Waals surface area contributed by atoms with E-state index in [-0.39, 0.29) is 19.6 Å². The average molecular weight is 630 g/mol. The second-order valence-electron chi connectivity index (χ2n) is 11.6. The van der Waals surface area contributed by atoms with Gasteiger partial charge in [-0.1, -0.05) is 116 Å². The number of carbonyl (C=O) groups is 1. The van der Waals surface area contributed by atoms with Crippen molar-refractivity contribution < 1.29 is 33.0 Å². The number of rotatable bonds is 24. The second-order valence-corrected chi connectivity index (χ2v) is 12.5. The van der Waals surface area contributed by atoms with Gasteiger partial charge < -0.3 is 14.6 Å². The lowest BCUT2D eigenvalue weighted by Crippen LogP contribution is -2.33. The van der Waals surface area contributed by atoms with Gasteiger partial charge in [-0.2, -0.15) is 4.79 Å². The van der Waals surface area contributed by atoms with Crippen molar-refractivity contribution in [3.8, 4) is 0 Å². The van der Waals surface area contributed by atoms with Crippen molar-refractivity contribution in [2.24, 2.45) is 0 Å². The van der Waals surface area contributed by atoms with Crippen LogP contribution in [-0.2, 0) is 23.1 Å². The number of H-pyrrole nitrogens is 1. The van der Waals surface area contributed by atoms with Crippen LogP contribution in [0.2, 0.25) is 0 Å². The Balaban J connectivity index is 1.40. The number of ether oxygens (including phenoxy) is 2. The Kier molecular flexibility index (Phi) is 19.4. The molecule has 1 fully saturated rings. The maximum absolute atomic E-state index is 12.0. The molecule has 1 aromatic rings. The molecule has 11 nitrogen and oxygen atoms in total. The molecular formula is C31H54N2O9P+. The number of carbonyl (C=O) groups excluding carboxylic acids is 1. The maximum Gasteiger partial charge on any atom is 0.756 e. The highest BCUT2D eigenvalue weighted by molar-refractivity contribution is 7.34. The Morgan fingerprint density at radius 1 is 0.930 bits per heavy atom. The summed E-state index contributed by atoms with van der Waals surface area (Å²) in [6.45, 7) is 3.67. The third kappa shape index (κ3) is 16.0. The van der Waals surface area contributed by atoms with Crippen LogP contribution in [0.3, 0.4) is 0 Å². The summed E-state index contributed by atoms with van der Waals surface area (Å²) < 4.78 is 33.4. The van der Waals surface area contributed by atoms with Crippen LogP contribution in [0, 0.1) is 6.92 Å². The molecule has 4 atom stereocenters. The summed E-state index contributed by atoms with van der Waals surface area (Å²) >= 11 is 0. The predicted molar refractivity (Wildman–Crippen MR) is 165 cm³/mol. The van der Waals surface area contributed by atoms with E-state index in [1.165, 1.54) is 107 Å². The Hall–Kier alpha value is -2.07. The highest BCUT2D eigenvalue weighted by Crippen LogP contribution is 2.31. The largest absolute Gasteiger partial charge is 0.756 e. The van der Waals surface area contributed by atoms with E-state index in [1.807, 2.05) is 0 Å². The van der Waals surface area contributed by atoms with Crippen LogP contribution in [-0.4, -0.2) is 46.2 Å². The minimum absolute atomic E-state index is 0.0680. The number of aliphatic hydroxyl groups excluding tert-OH is 1. The van der Waals surface area contributed by atoms with E-state index in [4.69, 9.17) is 14.0 Å². The monoisotopic (exact) mass is 629 g/mol. The molecule has 0 bridgehead atoms. The Bertz CT molecular complexity index is 1040. The topological polar surface area (TPSA) is 146 Å². The van der Waals surface area contributed by atoms with Gasteiger partial charge in [0, 0.05) is 22.7 Å². The molecule has 0 aromatic carbocycles. The van der Waals surface area contributed by atoms with Crippen molar-refractivity contribution in [1.29, 1.82) is 0 Å². The Morgan fingerprint density at radius 2 is 1.44 bits per heavy atom. The summed E-state index contributed by atoms with van der Waals surface area (Å²) in [5.41, 5.74) is -0.848. The van der Waals surface area contributed by atoms with Crippen molar-refractivity contribution in [2.75, 3.05) is 13.2 Å². The van der Waals surface area contributed by atoms with E-state index in [0.717, 1.165) is 12.8 Å². The fourth-order valence-electron chi connectivity index (χ4n) is 5.24. The zero-order valence-electron chi connectivity index (χ0n) is 26.3. The summed E-state index contributed by atoms with van der Waals surface area (Å²) in [4.78, 5) is 37.6. The highest BCUT2D eigenvalue weighted by Gasteiger charge is 2.39. The van der Waals surface area contributed by atoms with Crippen LogP contribution in [0.15, 0.2) is 15.8 Å². The van der Waals surface area contributed by atoms with Crippen LogP contribution < -0.4 is 11.2 Å².